The quantitative estimate of drug-likeness (QED) is 0.0651. The molecule has 0 amide bonds. The molecule has 12 heteroatoms. The van der Waals surface area contributed by atoms with E-state index in [4.69, 9.17) is 27.8 Å². The van der Waals surface area contributed by atoms with E-state index < -0.39 is 22.1 Å². The van der Waals surface area contributed by atoms with Crippen LogP contribution in [0.15, 0.2) is 280 Å². The SMILES string of the molecule is C=CCc1cc(Cc2cc(C)c(Oc3cccc(P4(=O)Oc5ccccc5-c5ccccc54)c3)c(Cc3cc(C)c(Oc4cccc(P5(=O)Oc6ccccc6-c6ccccc65)c4)c(CC=C)c3)c2)cc(C)c1Oc1cccc(P2(=O)Oc3ccccc3-c3ccccc32)c1. The summed E-state index contributed by atoms with van der Waals surface area (Å²) < 4.78 is 86.2. The summed E-state index contributed by atoms with van der Waals surface area (Å²) in [6.07, 6.45) is 5.86. The number of fused-ring (bicyclic) bond motifs is 9. The molecule has 3 unspecified atom stereocenters. The Balaban J connectivity index is 0.765. The maximum absolute atomic E-state index is 15.5. The van der Waals surface area contributed by atoms with Crippen LogP contribution < -0.4 is 59.6 Å². The van der Waals surface area contributed by atoms with Gasteiger partial charge in [-0.3, -0.25) is 13.7 Å². The van der Waals surface area contributed by atoms with Gasteiger partial charge < -0.3 is 27.8 Å². The van der Waals surface area contributed by atoms with Crippen molar-refractivity contribution in [2.45, 2.75) is 46.5 Å². The summed E-state index contributed by atoms with van der Waals surface area (Å²) in [6.45, 7) is 14.5. The Bertz CT molecular complexity index is 5260. The number of para-hydroxylation sites is 3. The zero-order valence-corrected chi connectivity index (χ0v) is 55.3. The Morgan fingerprint density at radius 1 is 0.326 bits per heavy atom. The van der Waals surface area contributed by atoms with Gasteiger partial charge >= 0.3 is 22.1 Å². The minimum Gasteiger partial charge on any atom is -0.457 e. The fourth-order valence-corrected chi connectivity index (χ4v) is 20.5. The Morgan fingerprint density at radius 2 is 0.621 bits per heavy atom. The van der Waals surface area contributed by atoms with Gasteiger partial charge in [0.25, 0.3) is 0 Å². The molecule has 3 aliphatic heterocycles. The topological polar surface area (TPSA) is 107 Å². The number of rotatable bonds is 17. The maximum atomic E-state index is 15.5. The average Bonchev–Trinajstić information content (AvgIpc) is 0.753. The van der Waals surface area contributed by atoms with Gasteiger partial charge in [0.2, 0.25) is 0 Å². The molecule has 3 heterocycles. The molecule has 0 aliphatic carbocycles. The zero-order chi connectivity index (χ0) is 65.0. The highest BCUT2D eigenvalue weighted by Crippen LogP contribution is 2.57. The van der Waals surface area contributed by atoms with Gasteiger partial charge in [0.15, 0.2) is 0 Å². The fraction of sp³-hybridized carbons (Fsp3) is 0.0843. The van der Waals surface area contributed by atoms with Crippen LogP contribution in [0.2, 0.25) is 0 Å². The second kappa shape index (κ2) is 24.8. The largest absolute Gasteiger partial charge is 0.457 e. The van der Waals surface area contributed by atoms with Crippen molar-refractivity contribution in [3.05, 3.63) is 330 Å². The van der Waals surface area contributed by atoms with E-state index >= 15 is 13.7 Å². The van der Waals surface area contributed by atoms with Crippen molar-refractivity contribution in [2.24, 2.45) is 0 Å². The minimum atomic E-state index is -3.65. The first kappa shape index (κ1) is 60.8. The van der Waals surface area contributed by atoms with Gasteiger partial charge in [-0.25, -0.2) is 0 Å². The van der Waals surface area contributed by atoms with Gasteiger partial charge in [-0.05, 0) is 198 Å². The highest BCUT2D eigenvalue weighted by atomic mass is 31.2. The summed E-state index contributed by atoms with van der Waals surface area (Å²) in [4.78, 5) is 0. The van der Waals surface area contributed by atoms with Gasteiger partial charge in [0.1, 0.15) is 51.7 Å². The molecule has 95 heavy (non-hydrogen) atoms. The molecule has 12 aromatic rings. The lowest BCUT2D eigenvalue weighted by Crippen LogP contribution is -2.25. The third-order valence-corrected chi connectivity index (χ3v) is 25.1. The first-order chi connectivity index (χ1) is 46.3. The van der Waals surface area contributed by atoms with Gasteiger partial charge in [-0.1, -0.05) is 176 Å². The summed E-state index contributed by atoms with van der Waals surface area (Å²) >= 11 is 0. The molecule has 0 N–H and O–H groups in total. The van der Waals surface area contributed by atoms with Crippen molar-refractivity contribution in [1.82, 2.24) is 0 Å². The van der Waals surface area contributed by atoms with E-state index in [9.17, 15) is 0 Å². The van der Waals surface area contributed by atoms with Gasteiger partial charge in [0.05, 0.1) is 31.8 Å². The lowest BCUT2D eigenvalue weighted by molar-refractivity contribution is 0.471. The van der Waals surface area contributed by atoms with E-state index in [0.29, 0.717) is 109 Å². The van der Waals surface area contributed by atoms with Crippen molar-refractivity contribution in [1.29, 1.82) is 0 Å². The third kappa shape index (κ3) is 11.2. The number of benzene rings is 12. The van der Waals surface area contributed by atoms with Crippen molar-refractivity contribution in [2.75, 3.05) is 0 Å². The lowest BCUT2D eigenvalue weighted by Gasteiger charge is -2.29. The van der Waals surface area contributed by atoms with Crippen LogP contribution in [0.25, 0.3) is 33.4 Å². The molecule has 12 aromatic carbocycles. The molecule has 0 spiro atoms. The molecule has 0 fully saturated rings. The Hall–Kier alpha value is -10.4. The molecular weight excluding hydrogens is 1230 g/mol. The molecule has 0 aromatic heterocycles. The van der Waals surface area contributed by atoms with Crippen molar-refractivity contribution in [3.8, 4) is 85.1 Å². The van der Waals surface area contributed by atoms with Crippen LogP contribution in [0.3, 0.4) is 0 Å². The maximum Gasteiger partial charge on any atom is 0.307 e. The van der Waals surface area contributed by atoms with Gasteiger partial charge in [-0.2, -0.15) is 0 Å². The molecule has 3 aliphatic rings. The van der Waals surface area contributed by atoms with Crippen LogP contribution in [0.1, 0.15) is 50.1 Å². The summed E-state index contributed by atoms with van der Waals surface area (Å²) in [5.41, 5.74) is 14.1. The summed E-state index contributed by atoms with van der Waals surface area (Å²) in [6, 6.07) is 81.7. The fourth-order valence-electron chi connectivity index (χ4n) is 13.6. The number of allylic oxidation sites excluding steroid dienone is 2. The first-order valence-corrected chi connectivity index (χ1v) is 36.5. The van der Waals surface area contributed by atoms with Crippen LogP contribution in [0, 0.1) is 20.8 Å². The monoisotopic (exact) mass is 1300 g/mol. The van der Waals surface area contributed by atoms with Crippen molar-refractivity contribution in [3.63, 3.8) is 0 Å². The van der Waals surface area contributed by atoms with E-state index in [-0.39, 0.29) is 0 Å². The molecule has 3 atom stereocenters. The number of ether oxygens (including phenoxy) is 3. The Morgan fingerprint density at radius 3 is 0.968 bits per heavy atom. The van der Waals surface area contributed by atoms with E-state index in [1.165, 1.54) is 0 Å². The van der Waals surface area contributed by atoms with E-state index in [1.54, 1.807) is 0 Å². The number of hydrogen-bond donors (Lipinski definition) is 0. The summed E-state index contributed by atoms with van der Waals surface area (Å²) in [5.74, 6) is 5.35. The second-order valence-corrected chi connectivity index (χ2v) is 31.2. The van der Waals surface area contributed by atoms with Gasteiger partial charge in [0, 0.05) is 23.1 Å². The minimum absolute atomic E-state index is 0.472. The smallest absolute Gasteiger partial charge is 0.307 e. The zero-order valence-electron chi connectivity index (χ0n) is 52.7. The van der Waals surface area contributed by atoms with Crippen molar-refractivity contribution >= 4 is 53.9 Å². The Labute approximate surface area is 553 Å². The average molecular weight is 1300 g/mol. The predicted molar refractivity (Wildman–Crippen MR) is 385 cm³/mol. The van der Waals surface area contributed by atoms with Crippen LogP contribution in [-0.4, -0.2) is 0 Å². The predicted octanol–water partition coefficient (Wildman–Crippen LogP) is 19.5. The first-order valence-electron chi connectivity index (χ1n) is 31.7. The summed E-state index contributed by atoms with van der Waals surface area (Å²) in [7, 11) is -10.8. The van der Waals surface area contributed by atoms with E-state index in [0.717, 1.165) is 83.5 Å². The molecule has 0 saturated heterocycles. The summed E-state index contributed by atoms with van der Waals surface area (Å²) in [5, 5.41) is 3.51. The highest BCUT2D eigenvalue weighted by molar-refractivity contribution is 7.76. The van der Waals surface area contributed by atoms with Gasteiger partial charge in [-0.15, -0.1) is 13.2 Å². The highest BCUT2D eigenvalue weighted by Gasteiger charge is 2.41. The molecule has 0 saturated carbocycles. The number of aryl methyl sites for hydroxylation is 3. The normalized spacial score (nSPS) is 16.9. The molecule has 0 radical (unpaired) electrons. The standard InChI is InChI=1S/C83H65O9P3/c1-6-23-60-47-57(43-54(3)81(60)87-63-25-20-28-66(51-63)93(84)78-40-17-11-34-72(78)69-31-8-14-37-75(69)90-93)46-58-44-56(5)83(89-65-27-22-30-68(53-65)95(86)80-42-19-13-36-74(80)71-33-10-16-39-77(71)92-95)62(49-58)50-59-45-55(4)82(61(48-59)24-7-2)88-64-26-21-29-67(52-64)94(85)79-41-18-12-35-73(79)70-32-9-15-38-76(70)91-94/h6-22,25-45,47-49,51-53H,1-2,23-24,46,50H2,3-5H3. The molecule has 466 valence electrons. The molecular formula is C83H65O9P3. The third-order valence-electron chi connectivity index (χ3n) is 17.8. The van der Waals surface area contributed by atoms with Crippen LogP contribution >= 0.6 is 22.1 Å². The molecule has 9 nitrogen and oxygen atoms in total. The van der Waals surface area contributed by atoms with Crippen LogP contribution in [0.5, 0.6) is 51.7 Å². The number of hydrogen-bond acceptors (Lipinski definition) is 9. The van der Waals surface area contributed by atoms with Crippen molar-refractivity contribution < 1.29 is 41.5 Å². The van der Waals surface area contributed by atoms with E-state index in [1.807, 2.05) is 237 Å². The molecule has 15 rings (SSSR count). The van der Waals surface area contributed by atoms with E-state index in [2.05, 4.69) is 63.4 Å². The van der Waals surface area contributed by atoms with Crippen LogP contribution in [0.4, 0.5) is 0 Å². The Kier molecular flexibility index (Phi) is 15.9. The lowest BCUT2D eigenvalue weighted by atomic mass is 9.92. The second-order valence-electron chi connectivity index (χ2n) is 24.3. The molecule has 0 bridgehead atoms. The van der Waals surface area contributed by atoms with Crippen LogP contribution in [-0.2, 0) is 39.4 Å².